The summed E-state index contributed by atoms with van der Waals surface area (Å²) in [5, 5.41) is 0. The van der Waals surface area contributed by atoms with Crippen LogP contribution in [0.5, 0.6) is 0 Å². The Morgan fingerprint density at radius 3 is 2.56 bits per heavy atom. The van der Waals surface area contributed by atoms with Crippen LogP contribution in [0.3, 0.4) is 0 Å². The molecule has 0 saturated carbocycles. The van der Waals surface area contributed by atoms with Gasteiger partial charge in [0.15, 0.2) is 0 Å². The first-order valence-corrected chi connectivity index (χ1v) is 10.4. The van der Waals surface area contributed by atoms with Gasteiger partial charge in [0, 0.05) is 51.5 Å². The molecule has 5 nitrogen and oxygen atoms in total. The van der Waals surface area contributed by atoms with Crippen molar-refractivity contribution in [1.29, 1.82) is 0 Å². The van der Waals surface area contributed by atoms with Gasteiger partial charge in [0.25, 0.3) is 0 Å². The Morgan fingerprint density at radius 1 is 1.07 bits per heavy atom. The Labute approximate surface area is 162 Å². The molecule has 1 aromatic rings. The molecule has 2 atom stereocenters. The maximum Gasteiger partial charge on any atom is 0.222 e. The number of benzene rings is 1. The zero-order valence-electron chi connectivity index (χ0n) is 16.3. The fourth-order valence-electron chi connectivity index (χ4n) is 5.08. The predicted octanol–water partition coefficient (Wildman–Crippen LogP) is 2.37. The number of hydrogen-bond donors (Lipinski definition) is 0. The number of amides is 2. The third kappa shape index (κ3) is 4.18. The topological polar surface area (TPSA) is 43.9 Å². The first-order chi connectivity index (χ1) is 13.1. The number of rotatable bonds is 4. The van der Waals surface area contributed by atoms with Crippen molar-refractivity contribution in [2.75, 3.05) is 33.2 Å². The number of hydrogen-bond acceptors (Lipinski definition) is 3. The molecule has 146 valence electrons. The molecule has 3 aliphatic rings. The van der Waals surface area contributed by atoms with Crippen LogP contribution in [0.15, 0.2) is 30.3 Å². The summed E-state index contributed by atoms with van der Waals surface area (Å²) < 4.78 is 0. The molecule has 2 amide bonds. The Kier molecular flexibility index (Phi) is 5.48. The monoisotopic (exact) mass is 369 g/mol. The van der Waals surface area contributed by atoms with Gasteiger partial charge in [-0.15, -0.1) is 0 Å². The van der Waals surface area contributed by atoms with E-state index in [1.165, 1.54) is 5.56 Å². The van der Waals surface area contributed by atoms with Crippen molar-refractivity contribution >= 4 is 11.8 Å². The van der Waals surface area contributed by atoms with E-state index in [1.54, 1.807) is 0 Å². The minimum absolute atomic E-state index is 0.241. The minimum atomic E-state index is 0.241. The Hall–Kier alpha value is -1.88. The highest BCUT2D eigenvalue weighted by Crippen LogP contribution is 2.32. The number of likely N-dealkylation sites (tertiary alicyclic amines) is 3. The summed E-state index contributed by atoms with van der Waals surface area (Å²) in [7, 11) is 1.91. The number of carbonyl (C=O) groups is 2. The molecule has 1 aromatic carbocycles. The smallest absolute Gasteiger partial charge is 0.222 e. The van der Waals surface area contributed by atoms with E-state index in [2.05, 4.69) is 35.2 Å². The van der Waals surface area contributed by atoms with E-state index in [1.807, 2.05) is 16.8 Å². The molecule has 0 unspecified atom stereocenters. The summed E-state index contributed by atoms with van der Waals surface area (Å²) in [5.41, 5.74) is 1.37. The molecule has 4 rings (SSSR count). The van der Waals surface area contributed by atoms with Gasteiger partial charge >= 0.3 is 0 Å². The second kappa shape index (κ2) is 8.01. The van der Waals surface area contributed by atoms with Gasteiger partial charge in [0.1, 0.15) is 0 Å². The lowest BCUT2D eigenvalue weighted by Crippen LogP contribution is -2.48. The maximum absolute atomic E-state index is 12.8. The standard InChI is InChI=1S/C22H31N3O2/c1-23-20-9-12-25(16-19(20)14-21(23)26)22(27)13-17-7-10-24(11-8-17)15-18-5-3-2-4-6-18/h2-6,17,19-20H,7-16H2,1H3/t19-,20+/m1/s1. The van der Waals surface area contributed by atoms with Crippen molar-refractivity contribution < 1.29 is 9.59 Å². The first-order valence-electron chi connectivity index (χ1n) is 10.4. The normalized spacial score (nSPS) is 27.1. The van der Waals surface area contributed by atoms with Crippen molar-refractivity contribution in [3.8, 4) is 0 Å². The van der Waals surface area contributed by atoms with Gasteiger partial charge in [0.05, 0.1) is 0 Å². The molecule has 0 bridgehead atoms. The van der Waals surface area contributed by atoms with Crippen molar-refractivity contribution in [3.63, 3.8) is 0 Å². The molecule has 0 radical (unpaired) electrons. The van der Waals surface area contributed by atoms with Gasteiger partial charge in [-0.1, -0.05) is 30.3 Å². The average Bonchev–Trinajstić information content (AvgIpc) is 2.97. The highest BCUT2D eigenvalue weighted by Gasteiger charge is 2.42. The van der Waals surface area contributed by atoms with Gasteiger partial charge < -0.3 is 9.80 Å². The number of nitrogens with zero attached hydrogens (tertiary/aromatic N) is 3. The zero-order chi connectivity index (χ0) is 18.8. The summed E-state index contributed by atoms with van der Waals surface area (Å²) in [6, 6.07) is 11.0. The first kappa shape index (κ1) is 18.5. The van der Waals surface area contributed by atoms with Gasteiger partial charge in [-0.05, 0) is 43.8 Å². The van der Waals surface area contributed by atoms with Crippen LogP contribution in [0.2, 0.25) is 0 Å². The lowest BCUT2D eigenvalue weighted by molar-refractivity contribution is -0.134. The number of piperidine rings is 2. The summed E-state index contributed by atoms with van der Waals surface area (Å²) in [5.74, 6) is 1.39. The third-order valence-corrected chi connectivity index (χ3v) is 6.79. The lowest BCUT2D eigenvalue weighted by Gasteiger charge is -2.38. The fraction of sp³-hybridized carbons (Fsp3) is 0.636. The van der Waals surface area contributed by atoms with Crippen LogP contribution in [0.25, 0.3) is 0 Å². The van der Waals surface area contributed by atoms with E-state index < -0.39 is 0 Å². The molecule has 27 heavy (non-hydrogen) atoms. The van der Waals surface area contributed by atoms with Crippen LogP contribution >= 0.6 is 0 Å². The van der Waals surface area contributed by atoms with Crippen molar-refractivity contribution in [3.05, 3.63) is 35.9 Å². The Morgan fingerprint density at radius 2 is 1.81 bits per heavy atom. The van der Waals surface area contributed by atoms with Crippen molar-refractivity contribution in [2.24, 2.45) is 11.8 Å². The van der Waals surface area contributed by atoms with Crippen LogP contribution < -0.4 is 0 Å². The largest absolute Gasteiger partial charge is 0.342 e. The van der Waals surface area contributed by atoms with E-state index in [0.29, 0.717) is 36.6 Å². The minimum Gasteiger partial charge on any atom is -0.342 e. The molecule has 3 saturated heterocycles. The molecule has 3 heterocycles. The third-order valence-electron chi connectivity index (χ3n) is 6.79. The van der Waals surface area contributed by atoms with E-state index in [-0.39, 0.29) is 5.91 Å². The molecule has 5 heteroatoms. The summed E-state index contributed by atoms with van der Waals surface area (Å²) in [6.45, 7) is 4.75. The van der Waals surface area contributed by atoms with Gasteiger partial charge in [-0.2, -0.15) is 0 Å². The molecule has 0 spiro atoms. The van der Waals surface area contributed by atoms with Crippen LogP contribution in [0.4, 0.5) is 0 Å². The van der Waals surface area contributed by atoms with E-state index in [4.69, 9.17) is 0 Å². The second-order valence-corrected chi connectivity index (χ2v) is 8.57. The Balaban J connectivity index is 1.22. The van der Waals surface area contributed by atoms with E-state index in [9.17, 15) is 9.59 Å². The van der Waals surface area contributed by atoms with Gasteiger partial charge in [-0.25, -0.2) is 0 Å². The average molecular weight is 370 g/mol. The van der Waals surface area contributed by atoms with Gasteiger partial charge in [-0.3, -0.25) is 14.5 Å². The molecule has 3 aliphatic heterocycles. The summed E-state index contributed by atoms with van der Waals surface area (Å²) in [6.07, 6.45) is 4.46. The summed E-state index contributed by atoms with van der Waals surface area (Å²) in [4.78, 5) is 31.1. The second-order valence-electron chi connectivity index (χ2n) is 8.57. The highest BCUT2D eigenvalue weighted by molar-refractivity contribution is 5.80. The molecular weight excluding hydrogens is 338 g/mol. The Bertz CT molecular complexity index is 669. The van der Waals surface area contributed by atoms with Crippen molar-refractivity contribution in [1.82, 2.24) is 14.7 Å². The maximum atomic E-state index is 12.8. The molecule has 0 aromatic heterocycles. The van der Waals surface area contributed by atoms with Crippen LogP contribution in [-0.2, 0) is 16.1 Å². The molecule has 3 fully saturated rings. The lowest BCUT2D eigenvalue weighted by atomic mass is 9.90. The van der Waals surface area contributed by atoms with E-state index >= 15 is 0 Å². The number of fused-ring (bicyclic) bond motifs is 1. The number of carbonyl (C=O) groups excluding carboxylic acids is 2. The molecular formula is C22H31N3O2. The van der Waals surface area contributed by atoms with Gasteiger partial charge in [0.2, 0.25) is 11.8 Å². The highest BCUT2D eigenvalue weighted by atomic mass is 16.2. The summed E-state index contributed by atoms with van der Waals surface area (Å²) >= 11 is 0. The van der Waals surface area contributed by atoms with Crippen LogP contribution in [0, 0.1) is 11.8 Å². The molecule has 0 aliphatic carbocycles. The van der Waals surface area contributed by atoms with Crippen LogP contribution in [0.1, 0.15) is 37.7 Å². The molecule has 0 N–H and O–H groups in total. The van der Waals surface area contributed by atoms with Crippen LogP contribution in [-0.4, -0.2) is 65.8 Å². The zero-order valence-corrected chi connectivity index (χ0v) is 16.3. The predicted molar refractivity (Wildman–Crippen MR) is 105 cm³/mol. The van der Waals surface area contributed by atoms with E-state index in [0.717, 1.165) is 52.0 Å². The van der Waals surface area contributed by atoms with Crippen molar-refractivity contribution in [2.45, 2.75) is 44.7 Å². The fourth-order valence-corrected chi connectivity index (χ4v) is 5.08. The quantitative estimate of drug-likeness (QED) is 0.818. The SMILES string of the molecule is CN1C(=O)C[C@@H]2CN(C(=O)CC3CCN(Cc4ccccc4)CC3)CC[C@@H]21.